The van der Waals surface area contributed by atoms with Crippen LogP contribution in [0, 0.1) is 0 Å². The van der Waals surface area contributed by atoms with Crippen LogP contribution in [0.25, 0.3) is 6.08 Å². The van der Waals surface area contributed by atoms with E-state index in [-0.39, 0.29) is 25.7 Å². The smallest absolute Gasteiger partial charge is 0.305 e. The third kappa shape index (κ3) is 3.98. The molecule has 0 saturated carbocycles. The molecule has 21 heavy (non-hydrogen) atoms. The summed E-state index contributed by atoms with van der Waals surface area (Å²) in [5.41, 5.74) is 0.821. The molecule has 112 valence electrons. The number of benzene rings is 1. The Labute approximate surface area is 122 Å². The van der Waals surface area contributed by atoms with E-state index in [0.717, 1.165) is 5.56 Å². The standard InChI is InChI=1S/C15H17NO5/c1-2-16(8-7-15(18)19)14(17)6-4-11-3-5-12-13(9-11)21-10-20-12/h3-6,9H,2,7-8,10H2,1H3,(H,18,19)/b6-4+. The maximum atomic E-state index is 12.0. The third-order valence-electron chi connectivity index (χ3n) is 3.10. The summed E-state index contributed by atoms with van der Waals surface area (Å²) >= 11 is 0. The first-order chi connectivity index (χ1) is 10.1. The molecule has 1 amide bonds. The van der Waals surface area contributed by atoms with Gasteiger partial charge in [0.05, 0.1) is 6.42 Å². The minimum Gasteiger partial charge on any atom is -0.481 e. The predicted octanol–water partition coefficient (Wildman–Crippen LogP) is 1.75. The van der Waals surface area contributed by atoms with E-state index in [1.807, 2.05) is 13.0 Å². The monoisotopic (exact) mass is 291 g/mol. The fourth-order valence-electron chi connectivity index (χ4n) is 1.94. The summed E-state index contributed by atoms with van der Waals surface area (Å²) < 4.78 is 10.5. The quantitative estimate of drug-likeness (QED) is 0.808. The average Bonchev–Trinajstić information content (AvgIpc) is 2.92. The molecule has 0 unspecified atom stereocenters. The SMILES string of the molecule is CCN(CCC(=O)O)C(=O)/C=C/c1ccc2c(c1)OCO2. The summed E-state index contributed by atoms with van der Waals surface area (Å²) in [5.74, 6) is 0.218. The Morgan fingerprint density at radius 3 is 2.81 bits per heavy atom. The molecule has 0 radical (unpaired) electrons. The van der Waals surface area contributed by atoms with Crippen molar-refractivity contribution in [3.05, 3.63) is 29.8 Å². The van der Waals surface area contributed by atoms with E-state index in [1.54, 1.807) is 18.2 Å². The van der Waals surface area contributed by atoms with E-state index in [4.69, 9.17) is 14.6 Å². The zero-order valence-corrected chi connectivity index (χ0v) is 11.7. The Morgan fingerprint density at radius 1 is 1.33 bits per heavy atom. The number of nitrogens with zero attached hydrogens (tertiary/aromatic N) is 1. The summed E-state index contributed by atoms with van der Waals surface area (Å²) in [6.45, 7) is 2.70. The number of carbonyl (C=O) groups is 2. The van der Waals surface area contributed by atoms with Crippen LogP contribution in [0.2, 0.25) is 0 Å². The molecule has 0 spiro atoms. The molecule has 0 aliphatic carbocycles. The molecule has 6 heteroatoms. The van der Waals surface area contributed by atoms with Gasteiger partial charge in [-0.2, -0.15) is 0 Å². The number of ether oxygens (including phenoxy) is 2. The van der Waals surface area contributed by atoms with Gasteiger partial charge >= 0.3 is 5.97 Å². The Hall–Kier alpha value is -2.50. The van der Waals surface area contributed by atoms with Crippen LogP contribution in [0.1, 0.15) is 18.9 Å². The first-order valence-electron chi connectivity index (χ1n) is 6.68. The summed E-state index contributed by atoms with van der Waals surface area (Å²) in [6, 6.07) is 5.40. The number of carboxylic acid groups (broad SMARTS) is 1. The molecule has 1 heterocycles. The fourth-order valence-corrected chi connectivity index (χ4v) is 1.94. The largest absolute Gasteiger partial charge is 0.481 e. The van der Waals surface area contributed by atoms with Crippen LogP contribution >= 0.6 is 0 Å². The van der Waals surface area contributed by atoms with Crippen LogP contribution in [0.4, 0.5) is 0 Å². The van der Waals surface area contributed by atoms with Crippen molar-refractivity contribution in [3.8, 4) is 11.5 Å². The van der Waals surface area contributed by atoms with Crippen LogP contribution in [0.3, 0.4) is 0 Å². The minimum absolute atomic E-state index is 0.0581. The van der Waals surface area contributed by atoms with Crippen molar-refractivity contribution in [1.29, 1.82) is 0 Å². The normalized spacial score (nSPS) is 12.6. The number of carbonyl (C=O) groups excluding carboxylic acids is 1. The van der Waals surface area contributed by atoms with Gasteiger partial charge in [0.15, 0.2) is 11.5 Å². The molecule has 0 aromatic heterocycles. The number of hydrogen-bond donors (Lipinski definition) is 1. The summed E-state index contributed by atoms with van der Waals surface area (Å²) in [7, 11) is 0. The lowest BCUT2D eigenvalue weighted by atomic mass is 10.2. The molecule has 2 rings (SSSR count). The Kier molecular flexibility index (Phi) is 4.81. The number of aliphatic carboxylic acids is 1. The lowest BCUT2D eigenvalue weighted by Crippen LogP contribution is -2.31. The molecule has 1 N–H and O–H groups in total. The summed E-state index contributed by atoms with van der Waals surface area (Å²) in [6.07, 6.45) is 3.05. The first kappa shape index (κ1) is 14.9. The Balaban J connectivity index is 1.98. The molecule has 0 saturated heterocycles. The van der Waals surface area contributed by atoms with Gasteiger partial charge in [0.2, 0.25) is 12.7 Å². The maximum Gasteiger partial charge on any atom is 0.305 e. The van der Waals surface area contributed by atoms with Crippen LogP contribution in [-0.4, -0.2) is 41.8 Å². The van der Waals surface area contributed by atoms with Crippen molar-refractivity contribution in [1.82, 2.24) is 4.90 Å². The zero-order chi connectivity index (χ0) is 15.2. The van der Waals surface area contributed by atoms with Crippen LogP contribution in [0.5, 0.6) is 11.5 Å². The number of carboxylic acids is 1. The molecule has 0 fully saturated rings. The van der Waals surface area contributed by atoms with Crippen LogP contribution < -0.4 is 9.47 Å². The zero-order valence-electron chi connectivity index (χ0n) is 11.7. The second kappa shape index (κ2) is 6.78. The summed E-state index contributed by atoms with van der Waals surface area (Å²) in [4.78, 5) is 24.0. The van der Waals surface area contributed by atoms with Gasteiger partial charge in [-0.1, -0.05) is 6.07 Å². The Bertz CT molecular complexity index is 567. The number of rotatable bonds is 6. The average molecular weight is 291 g/mol. The van der Waals surface area contributed by atoms with Gasteiger partial charge in [-0.15, -0.1) is 0 Å². The van der Waals surface area contributed by atoms with E-state index >= 15 is 0 Å². The van der Waals surface area contributed by atoms with Gasteiger partial charge in [0, 0.05) is 19.2 Å². The van der Waals surface area contributed by atoms with E-state index in [2.05, 4.69) is 0 Å². The van der Waals surface area contributed by atoms with Gasteiger partial charge in [0.25, 0.3) is 0 Å². The molecule has 0 bridgehead atoms. The number of likely N-dealkylation sites (N-methyl/N-ethyl adjacent to an activating group) is 1. The van der Waals surface area contributed by atoms with Gasteiger partial charge in [-0.3, -0.25) is 9.59 Å². The highest BCUT2D eigenvalue weighted by Gasteiger charge is 2.13. The second-order valence-electron chi connectivity index (χ2n) is 4.51. The van der Waals surface area contributed by atoms with Gasteiger partial charge in [0.1, 0.15) is 0 Å². The lowest BCUT2D eigenvalue weighted by molar-refractivity contribution is -0.137. The van der Waals surface area contributed by atoms with Crippen molar-refractivity contribution in [3.63, 3.8) is 0 Å². The minimum atomic E-state index is -0.916. The van der Waals surface area contributed by atoms with E-state index in [0.29, 0.717) is 18.0 Å². The topological polar surface area (TPSA) is 76.1 Å². The molecule has 1 aromatic rings. The molecule has 6 nitrogen and oxygen atoms in total. The summed E-state index contributed by atoms with van der Waals surface area (Å²) in [5, 5.41) is 8.66. The highest BCUT2D eigenvalue weighted by Crippen LogP contribution is 2.32. The van der Waals surface area contributed by atoms with Crippen LogP contribution in [-0.2, 0) is 9.59 Å². The van der Waals surface area contributed by atoms with Crippen molar-refractivity contribution in [2.45, 2.75) is 13.3 Å². The lowest BCUT2D eigenvalue weighted by Gasteiger charge is -2.17. The molecule has 1 aliphatic heterocycles. The third-order valence-corrected chi connectivity index (χ3v) is 3.10. The highest BCUT2D eigenvalue weighted by atomic mass is 16.7. The van der Waals surface area contributed by atoms with E-state index in [9.17, 15) is 9.59 Å². The van der Waals surface area contributed by atoms with Gasteiger partial charge in [-0.05, 0) is 30.7 Å². The predicted molar refractivity (Wildman–Crippen MR) is 76.1 cm³/mol. The van der Waals surface area contributed by atoms with Gasteiger partial charge in [-0.25, -0.2) is 0 Å². The molecule has 0 atom stereocenters. The molecule has 1 aromatic carbocycles. The first-order valence-corrected chi connectivity index (χ1v) is 6.68. The van der Waals surface area contributed by atoms with Crippen molar-refractivity contribution < 1.29 is 24.2 Å². The van der Waals surface area contributed by atoms with Crippen molar-refractivity contribution >= 4 is 18.0 Å². The van der Waals surface area contributed by atoms with Crippen LogP contribution in [0.15, 0.2) is 24.3 Å². The van der Waals surface area contributed by atoms with Crippen molar-refractivity contribution in [2.75, 3.05) is 19.9 Å². The fraction of sp³-hybridized carbons (Fsp3) is 0.333. The number of fused-ring (bicyclic) bond motifs is 1. The Morgan fingerprint density at radius 2 is 2.10 bits per heavy atom. The highest BCUT2D eigenvalue weighted by molar-refractivity contribution is 5.92. The number of amides is 1. The van der Waals surface area contributed by atoms with Gasteiger partial charge < -0.3 is 19.5 Å². The molecular formula is C15H17NO5. The van der Waals surface area contributed by atoms with E-state index < -0.39 is 5.97 Å². The number of hydrogen-bond acceptors (Lipinski definition) is 4. The van der Waals surface area contributed by atoms with E-state index in [1.165, 1.54) is 11.0 Å². The molecular weight excluding hydrogens is 274 g/mol. The molecule has 1 aliphatic rings. The maximum absolute atomic E-state index is 12.0. The van der Waals surface area contributed by atoms with Crippen molar-refractivity contribution in [2.24, 2.45) is 0 Å². The second-order valence-corrected chi connectivity index (χ2v) is 4.51.